The minimum absolute atomic E-state index is 0.0554. The van der Waals surface area contributed by atoms with Crippen LogP contribution in [-0.4, -0.2) is 63.9 Å². The van der Waals surface area contributed by atoms with E-state index in [1.165, 1.54) is 9.21 Å². The van der Waals surface area contributed by atoms with E-state index in [1.54, 1.807) is 38.3 Å². The van der Waals surface area contributed by atoms with E-state index in [0.29, 0.717) is 22.9 Å². The molecule has 0 fully saturated rings. The maximum absolute atomic E-state index is 13.4. The van der Waals surface area contributed by atoms with E-state index in [1.807, 2.05) is 32.0 Å². The lowest BCUT2D eigenvalue weighted by Gasteiger charge is -2.30. The van der Waals surface area contributed by atoms with E-state index in [9.17, 15) is 18.0 Å². The minimum Gasteiger partial charge on any atom is -0.497 e. The maximum atomic E-state index is 13.4. The van der Waals surface area contributed by atoms with Crippen molar-refractivity contribution in [3.63, 3.8) is 0 Å². The summed E-state index contributed by atoms with van der Waals surface area (Å²) in [7, 11) is -2.06. The molecule has 2 amide bonds. The van der Waals surface area contributed by atoms with Crippen molar-refractivity contribution < 1.29 is 32.2 Å². The number of benzene rings is 2. The van der Waals surface area contributed by atoms with Gasteiger partial charge in [-0.15, -0.1) is 0 Å². The first-order chi connectivity index (χ1) is 17.5. The molecule has 1 aliphatic heterocycles. The Morgan fingerprint density at radius 1 is 1.08 bits per heavy atom. The van der Waals surface area contributed by atoms with Gasteiger partial charge in [0.15, 0.2) is 11.5 Å². The first-order valence-electron chi connectivity index (χ1n) is 12.1. The molecule has 202 valence electrons. The van der Waals surface area contributed by atoms with Crippen molar-refractivity contribution in [2.75, 3.05) is 31.0 Å². The molecule has 2 aromatic carbocycles. The van der Waals surface area contributed by atoms with Crippen molar-refractivity contribution in [3.05, 3.63) is 48.0 Å². The fraction of sp³-hybridized carbons (Fsp3) is 0.462. The second kappa shape index (κ2) is 12.2. The van der Waals surface area contributed by atoms with Gasteiger partial charge in [0.25, 0.3) is 0 Å². The van der Waals surface area contributed by atoms with Crippen LogP contribution in [0.5, 0.6) is 17.2 Å². The number of carbonyl (C=O) groups excluding carboxylic acids is 2. The third-order valence-corrected chi connectivity index (χ3v) is 7.08. The summed E-state index contributed by atoms with van der Waals surface area (Å²) in [5.41, 5.74) is 1.24. The summed E-state index contributed by atoms with van der Waals surface area (Å²) in [5.74, 6) is 1.15. The van der Waals surface area contributed by atoms with Gasteiger partial charge in [0.05, 0.1) is 19.1 Å². The van der Waals surface area contributed by atoms with E-state index in [2.05, 4.69) is 5.32 Å². The highest BCUT2D eigenvalue weighted by Gasteiger charge is 2.27. The summed E-state index contributed by atoms with van der Waals surface area (Å²) in [4.78, 5) is 27.6. The van der Waals surface area contributed by atoms with Gasteiger partial charge in [-0.1, -0.05) is 12.1 Å². The molecule has 0 saturated heterocycles. The number of rotatable bonds is 12. The molecule has 10 nitrogen and oxygen atoms in total. The van der Waals surface area contributed by atoms with Gasteiger partial charge in [-0.05, 0) is 57.0 Å². The van der Waals surface area contributed by atoms with Crippen LogP contribution in [0.4, 0.5) is 5.69 Å². The number of fused-ring (bicyclic) bond motifs is 1. The van der Waals surface area contributed by atoms with Crippen molar-refractivity contribution in [3.8, 4) is 17.2 Å². The van der Waals surface area contributed by atoms with Crippen LogP contribution in [0, 0.1) is 0 Å². The molecule has 2 aromatic rings. The van der Waals surface area contributed by atoms with Gasteiger partial charge in [0, 0.05) is 31.6 Å². The first-order valence-corrected chi connectivity index (χ1v) is 13.9. The average Bonchev–Trinajstić information content (AvgIpc) is 3.31. The topological polar surface area (TPSA) is 114 Å². The molecule has 1 N–H and O–H groups in total. The molecule has 11 heteroatoms. The Hall–Kier alpha value is -3.47. The summed E-state index contributed by atoms with van der Waals surface area (Å²) < 4.78 is 42.3. The van der Waals surface area contributed by atoms with Crippen LogP contribution in [0.2, 0.25) is 0 Å². The first kappa shape index (κ1) is 28.1. The number of anilines is 1. The molecular formula is C26H35N3O7S. The van der Waals surface area contributed by atoms with Crippen LogP contribution in [-0.2, 0) is 26.2 Å². The maximum Gasteiger partial charge on any atom is 0.242 e. The second-order valence-corrected chi connectivity index (χ2v) is 11.1. The molecule has 0 saturated carbocycles. The summed E-state index contributed by atoms with van der Waals surface area (Å²) >= 11 is 0. The molecule has 0 radical (unpaired) electrons. The molecule has 0 aliphatic carbocycles. The number of methoxy groups -OCH3 is 1. The fourth-order valence-electron chi connectivity index (χ4n) is 4.00. The molecule has 1 atom stereocenters. The molecular weight excluding hydrogens is 498 g/mol. The zero-order valence-electron chi connectivity index (χ0n) is 21.9. The molecule has 3 rings (SSSR count). The number of nitrogens with one attached hydrogen (secondary N) is 1. The van der Waals surface area contributed by atoms with Crippen molar-refractivity contribution in [2.45, 2.75) is 52.2 Å². The normalized spacial score (nSPS) is 13.2. The van der Waals surface area contributed by atoms with E-state index in [0.717, 1.165) is 11.8 Å². The Kier molecular flexibility index (Phi) is 9.25. The zero-order chi connectivity index (χ0) is 27.2. The number of ether oxygens (including phenoxy) is 3. The third kappa shape index (κ3) is 7.51. The fourth-order valence-corrected chi connectivity index (χ4v) is 4.96. The third-order valence-electron chi connectivity index (χ3n) is 5.88. The lowest BCUT2D eigenvalue weighted by atomic mass is 10.1. The lowest BCUT2D eigenvalue weighted by molar-refractivity contribution is -0.140. The van der Waals surface area contributed by atoms with Crippen LogP contribution >= 0.6 is 0 Å². The monoisotopic (exact) mass is 533 g/mol. The van der Waals surface area contributed by atoms with E-state index >= 15 is 0 Å². The minimum atomic E-state index is -3.62. The van der Waals surface area contributed by atoms with Crippen molar-refractivity contribution >= 4 is 27.5 Å². The number of hydrogen-bond acceptors (Lipinski definition) is 7. The van der Waals surface area contributed by atoms with E-state index < -0.39 is 16.1 Å². The van der Waals surface area contributed by atoms with Crippen LogP contribution in [0.15, 0.2) is 42.5 Å². The molecule has 1 unspecified atom stereocenters. The number of hydrogen-bond donors (Lipinski definition) is 1. The van der Waals surface area contributed by atoms with Gasteiger partial charge in [-0.3, -0.25) is 13.9 Å². The zero-order valence-corrected chi connectivity index (χ0v) is 22.7. The Labute approximate surface area is 218 Å². The Balaban J connectivity index is 1.74. The summed E-state index contributed by atoms with van der Waals surface area (Å²) in [6.45, 7) is 5.77. The van der Waals surface area contributed by atoms with Gasteiger partial charge < -0.3 is 24.4 Å². The van der Waals surface area contributed by atoms with Crippen LogP contribution in [0.3, 0.4) is 0 Å². The average molecular weight is 534 g/mol. The van der Waals surface area contributed by atoms with Crippen molar-refractivity contribution in [2.24, 2.45) is 0 Å². The highest BCUT2D eigenvalue weighted by molar-refractivity contribution is 7.92. The van der Waals surface area contributed by atoms with Crippen LogP contribution in [0.1, 0.15) is 39.2 Å². The summed E-state index contributed by atoms with van der Waals surface area (Å²) in [5, 5.41) is 2.86. The summed E-state index contributed by atoms with van der Waals surface area (Å²) in [6, 6.07) is 11.4. The predicted octanol–water partition coefficient (Wildman–Crippen LogP) is 2.91. The Morgan fingerprint density at radius 3 is 2.49 bits per heavy atom. The number of carbonyl (C=O) groups is 2. The molecule has 1 aliphatic rings. The smallest absolute Gasteiger partial charge is 0.242 e. The van der Waals surface area contributed by atoms with Gasteiger partial charge in [-0.2, -0.15) is 0 Å². The Morgan fingerprint density at radius 2 is 1.81 bits per heavy atom. The van der Waals surface area contributed by atoms with E-state index in [-0.39, 0.29) is 50.6 Å². The van der Waals surface area contributed by atoms with E-state index in [4.69, 9.17) is 14.2 Å². The molecule has 0 spiro atoms. The van der Waals surface area contributed by atoms with Gasteiger partial charge in [-0.25, -0.2) is 8.42 Å². The number of sulfonamides is 1. The standard InChI is InChI=1S/C26H35N3O7S/c1-18(2)27-26(31)19(3)28(16-20-8-6-9-22(14-20)34-4)25(30)10-7-13-29(37(5,32)33)21-11-12-23-24(15-21)36-17-35-23/h6,8-9,11-12,14-15,18-19H,7,10,13,16-17H2,1-5H3,(H,27,31). The highest BCUT2D eigenvalue weighted by atomic mass is 32.2. The predicted molar refractivity (Wildman–Crippen MR) is 140 cm³/mol. The van der Waals surface area contributed by atoms with Crippen LogP contribution in [0.25, 0.3) is 0 Å². The SMILES string of the molecule is COc1cccc(CN(C(=O)CCCN(c2ccc3c(c2)OCO3)S(C)(=O)=O)C(C)C(=O)NC(C)C)c1. The molecule has 0 aromatic heterocycles. The lowest BCUT2D eigenvalue weighted by Crippen LogP contribution is -2.49. The quantitative estimate of drug-likeness (QED) is 0.446. The largest absolute Gasteiger partial charge is 0.497 e. The van der Waals surface area contributed by atoms with Gasteiger partial charge in [0.1, 0.15) is 11.8 Å². The number of amides is 2. The second-order valence-electron chi connectivity index (χ2n) is 9.19. The van der Waals surface area contributed by atoms with Gasteiger partial charge >= 0.3 is 0 Å². The number of nitrogens with zero attached hydrogens (tertiary/aromatic N) is 2. The molecule has 0 bridgehead atoms. The molecule has 1 heterocycles. The van der Waals surface area contributed by atoms with Gasteiger partial charge in [0.2, 0.25) is 28.6 Å². The Bertz CT molecular complexity index is 1220. The van der Waals surface area contributed by atoms with Crippen molar-refractivity contribution in [1.82, 2.24) is 10.2 Å². The summed E-state index contributed by atoms with van der Waals surface area (Å²) in [6.07, 6.45) is 1.43. The highest BCUT2D eigenvalue weighted by Crippen LogP contribution is 2.36. The van der Waals surface area contributed by atoms with Crippen LogP contribution < -0.4 is 23.8 Å². The molecule has 37 heavy (non-hydrogen) atoms. The van der Waals surface area contributed by atoms with Crippen molar-refractivity contribution in [1.29, 1.82) is 0 Å².